The number of nitrogens with zero attached hydrogens (tertiary/aromatic N) is 1. The van der Waals surface area contributed by atoms with Crippen molar-refractivity contribution in [2.24, 2.45) is 5.73 Å². The molecule has 0 bridgehead atoms. The zero-order chi connectivity index (χ0) is 13.7. The van der Waals surface area contributed by atoms with E-state index < -0.39 is 18.1 Å². The summed E-state index contributed by atoms with van der Waals surface area (Å²) in [5, 5.41) is 28.3. The zero-order valence-electron chi connectivity index (χ0n) is 9.83. The number of nitriles is 1. The van der Waals surface area contributed by atoms with E-state index in [-0.39, 0.29) is 12.0 Å². The molecule has 0 spiro atoms. The van der Waals surface area contributed by atoms with Crippen LogP contribution in [0.5, 0.6) is 5.75 Å². The van der Waals surface area contributed by atoms with Crippen molar-refractivity contribution in [2.45, 2.75) is 18.6 Å². The number of carbonyl (C=O) groups excluding carboxylic acids is 1. The van der Waals surface area contributed by atoms with E-state index in [1.54, 1.807) is 0 Å². The number of amides is 1. The summed E-state index contributed by atoms with van der Waals surface area (Å²) >= 11 is 0. The zero-order valence-corrected chi connectivity index (χ0v) is 9.83. The number of ether oxygens (including phenoxy) is 1. The summed E-state index contributed by atoms with van der Waals surface area (Å²) in [5.74, 6) is -0.339. The third-order valence-electron chi connectivity index (χ3n) is 2.46. The number of hydrogen-bond donors (Lipinski definition) is 3. The molecule has 2 atom stereocenters. The van der Waals surface area contributed by atoms with Gasteiger partial charge in [0.2, 0.25) is 5.91 Å². The Kier molecular flexibility index (Phi) is 4.66. The Hall–Kier alpha value is -2.10. The van der Waals surface area contributed by atoms with Crippen LogP contribution in [0.1, 0.15) is 23.7 Å². The van der Waals surface area contributed by atoms with Gasteiger partial charge in [0.25, 0.3) is 0 Å². The maximum Gasteiger partial charge on any atom is 0.220 e. The molecular formula is C12H14N2O4. The maximum absolute atomic E-state index is 10.6. The van der Waals surface area contributed by atoms with Crippen LogP contribution in [0.3, 0.4) is 0 Å². The van der Waals surface area contributed by atoms with Crippen LogP contribution >= 0.6 is 0 Å². The van der Waals surface area contributed by atoms with E-state index in [0.29, 0.717) is 11.3 Å². The van der Waals surface area contributed by atoms with Gasteiger partial charge in [0.1, 0.15) is 17.9 Å². The van der Waals surface area contributed by atoms with Crippen molar-refractivity contribution in [3.8, 4) is 11.8 Å². The average molecular weight is 250 g/mol. The lowest BCUT2D eigenvalue weighted by Crippen LogP contribution is -2.25. The predicted octanol–water partition coefficient (Wildman–Crippen LogP) is -0.163. The second-order valence-corrected chi connectivity index (χ2v) is 3.75. The molecule has 18 heavy (non-hydrogen) atoms. The van der Waals surface area contributed by atoms with Crippen molar-refractivity contribution in [1.29, 1.82) is 5.26 Å². The van der Waals surface area contributed by atoms with Gasteiger partial charge < -0.3 is 20.7 Å². The molecule has 1 aromatic carbocycles. The minimum absolute atomic E-state index is 0.236. The van der Waals surface area contributed by atoms with Crippen molar-refractivity contribution in [3.05, 3.63) is 29.3 Å². The highest BCUT2D eigenvalue weighted by atomic mass is 16.5. The van der Waals surface area contributed by atoms with E-state index >= 15 is 0 Å². The van der Waals surface area contributed by atoms with E-state index in [4.69, 9.17) is 15.7 Å². The number of primary amides is 1. The summed E-state index contributed by atoms with van der Waals surface area (Å²) in [7, 11) is 1.42. The topological polar surface area (TPSA) is 117 Å². The Bertz CT molecular complexity index is 481. The van der Waals surface area contributed by atoms with Crippen LogP contribution in [0.15, 0.2) is 18.2 Å². The monoisotopic (exact) mass is 250 g/mol. The van der Waals surface area contributed by atoms with Crippen molar-refractivity contribution in [1.82, 2.24) is 0 Å². The number of aliphatic hydroxyl groups is 2. The molecule has 0 aliphatic rings. The van der Waals surface area contributed by atoms with Gasteiger partial charge in [-0.1, -0.05) is 6.07 Å². The van der Waals surface area contributed by atoms with E-state index in [0.717, 1.165) is 0 Å². The normalized spacial score (nSPS) is 13.4. The minimum Gasteiger partial charge on any atom is -0.495 e. The first-order valence-electron chi connectivity index (χ1n) is 5.22. The highest BCUT2D eigenvalue weighted by molar-refractivity contribution is 5.74. The number of methoxy groups -OCH3 is 1. The van der Waals surface area contributed by atoms with Gasteiger partial charge in [-0.25, -0.2) is 0 Å². The van der Waals surface area contributed by atoms with Crippen LogP contribution in [-0.2, 0) is 4.79 Å². The second kappa shape index (κ2) is 6.00. The standard InChI is InChI=1S/C12H14N2O4/c1-18-10-3-2-7(4-8(10)6-13)12(17)9(15)5-11(14)16/h2-4,9,12,15,17H,5H2,1H3,(H2,14,16). The van der Waals surface area contributed by atoms with Crippen LogP contribution in [0.25, 0.3) is 0 Å². The SMILES string of the molecule is COc1ccc(C(O)C(O)CC(N)=O)cc1C#N. The fourth-order valence-electron chi connectivity index (χ4n) is 1.54. The van der Waals surface area contributed by atoms with E-state index in [1.807, 2.05) is 6.07 Å². The Balaban J connectivity index is 2.96. The lowest BCUT2D eigenvalue weighted by molar-refractivity contribution is -0.121. The van der Waals surface area contributed by atoms with Gasteiger partial charge in [-0.15, -0.1) is 0 Å². The first-order chi connectivity index (χ1) is 8.49. The van der Waals surface area contributed by atoms with Crippen LogP contribution in [-0.4, -0.2) is 29.3 Å². The Morgan fingerprint density at radius 1 is 1.56 bits per heavy atom. The number of benzene rings is 1. The van der Waals surface area contributed by atoms with Gasteiger partial charge in [0, 0.05) is 0 Å². The van der Waals surface area contributed by atoms with Gasteiger partial charge in [-0.05, 0) is 17.7 Å². The fraction of sp³-hybridized carbons (Fsp3) is 0.333. The molecule has 0 aliphatic carbocycles. The quantitative estimate of drug-likeness (QED) is 0.671. The molecule has 0 heterocycles. The van der Waals surface area contributed by atoms with E-state index in [9.17, 15) is 15.0 Å². The third-order valence-corrected chi connectivity index (χ3v) is 2.46. The highest BCUT2D eigenvalue weighted by Gasteiger charge is 2.21. The molecule has 1 amide bonds. The summed E-state index contributed by atoms with van der Waals surface area (Å²) in [5.41, 5.74) is 5.49. The molecular weight excluding hydrogens is 236 g/mol. The Morgan fingerprint density at radius 2 is 2.22 bits per heavy atom. The summed E-state index contributed by atoms with van der Waals surface area (Å²) in [6.07, 6.45) is -2.94. The van der Waals surface area contributed by atoms with Crippen molar-refractivity contribution in [2.75, 3.05) is 7.11 Å². The minimum atomic E-state index is -1.30. The van der Waals surface area contributed by atoms with Gasteiger partial charge in [0.15, 0.2) is 0 Å². The van der Waals surface area contributed by atoms with Crippen molar-refractivity contribution in [3.63, 3.8) is 0 Å². The number of aliphatic hydroxyl groups excluding tert-OH is 2. The van der Waals surface area contributed by atoms with Gasteiger partial charge in [-0.3, -0.25) is 4.79 Å². The number of rotatable bonds is 5. The Labute approximate surface area is 104 Å². The van der Waals surface area contributed by atoms with Gasteiger partial charge >= 0.3 is 0 Å². The maximum atomic E-state index is 10.6. The largest absolute Gasteiger partial charge is 0.495 e. The number of carbonyl (C=O) groups is 1. The Morgan fingerprint density at radius 3 is 2.72 bits per heavy atom. The molecule has 1 aromatic rings. The van der Waals surface area contributed by atoms with Crippen LogP contribution < -0.4 is 10.5 Å². The summed E-state index contributed by atoms with van der Waals surface area (Å²) < 4.78 is 4.96. The van der Waals surface area contributed by atoms with Crippen LogP contribution in [0.4, 0.5) is 0 Å². The molecule has 0 aromatic heterocycles. The van der Waals surface area contributed by atoms with E-state index in [2.05, 4.69) is 0 Å². The smallest absolute Gasteiger partial charge is 0.220 e. The predicted molar refractivity (Wildman–Crippen MR) is 62.5 cm³/mol. The highest BCUT2D eigenvalue weighted by Crippen LogP contribution is 2.25. The molecule has 0 saturated heterocycles. The summed E-state index contributed by atoms with van der Waals surface area (Å²) in [6, 6.07) is 6.33. The molecule has 0 saturated carbocycles. The molecule has 4 N–H and O–H groups in total. The van der Waals surface area contributed by atoms with Crippen LogP contribution in [0, 0.1) is 11.3 Å². The lowest BCUT2D eigenvalue weighted by atomic mass is 10.00. The van der Waals surface area contributed by atoms with Crippen molar-refractivity contribution < 1.29 is 19.7 Å². The molecule has 6 heteroatoms. The van der Waals surface area contributed by atoms with Gasteiger partial charge in [0.05, 0.1) is 25.2 Å². The fourth-order valence-corrected chi connectivity index (χ4v) is 1.54. The number of hydrogen-bond acceptors (Lipinski definition) is 5. The molecule has 0 radical (unpaired) electrons. The molecule has 1 rings (SSSR count). The molecule has 2 unspecified atom stereocenters. The molecule has 96 valence electrons. The average Bonchev–Trinajstić information content (AvgIpc) is 2.36. The van der Waals surface area contributed by atoms with Crippen LogP contribution in [0.2, 0.25) is 0 Å². The molecule has 6 nitrogen and oxygen atoms in total. The number of nitrogens with two attached hydrogens (primary N) is 1. The first kappa shape index (κ1) is 14.0. The van der Waals surface area contributed by atoms with Crippen molar-refractivity contribution >= 4 is 5.91 Å². The second-order valence-electron chi connectivity index (χ2n) is 3.75. The molecule has 0 fully saturated rings. The van der Waals surface area contributed by atoms with E-state index in [1.165, 1.54) is 25.3 Å². The third kappa shape index (κ3) is 3.20. The lowest BCUT2D eigenvalue weighted by Gasteiger charge is -2.17. The molecule has 0 aliphatic heterocycles. The summed E-state index contributed by atoms with van der Waals surface area (Å²) in [6.45, 7) is 0. The first-order valence-corrected chi connectivity index (χ1v) is 5.22. The summed E-state index contributed by atoms with van der Waals surface area (Å²) in [4.78, 5) is 10.6. The van der Waals surface area contributed by atoms with Gasteiger partial charge in [-0.2, -0.15) is 5.26 Å².